The first-order chi connectivity index (χ1) is 12.4. The first-order valence-electron chi connectivity index (χ1n) is 7.59. The number of nitrogen functional groups attached to an aromatic ring is 1. The molecule has 0 unspecified atom stereocenters. The third-order valence-corrected chi connectivity index (χ3v) is 3.95. The quantitative estimate of drug-likeness (QED) is 0.828. The molecule has 1 aliphatic carbocycles. The summed E-state index contributed by atoms with van der Waals surface area (Å²) >= 11 is 0. The highest BCUT2D eigenvalue weighted by Gasteiger charge is 2.29. The van der Waals surface area contributed by atoms with E-state index in [2.05, 4.69) is 9.97 Å². The van der Waals surface area contributed by atoms with Crippen molar-refractivity contribution in [3.05, 3.63) is 52.5 Å². The van der Waals surface area contributed by atoms with E-state index in [4.69, 9.17) is 15.2 Å². The van der Waals surface area contributed by atoms with Gasteiger partial charge in [-0.2, -0.15) is 0 Å². The van der Waals surface area contributed by atoms with Gasteiger partial charge in [-0.15, -0.1) is 0 Å². The van der Waals surface area contributed by atoms with Gasteiger partial charge >= 0.3 is 5.97 Å². The smallest absolute Gasteiger partial charge is 0.356 e. The Morgan fingerprint density at radius 2 is 1.85 bits per heavy atom. The third-order valence-electron chi connectivity index (χ3n) is 3.95. The van der Waals surface area contributed by atoms with Crippen molar-refractivity contribution in [1.29, 1.82) is 0 Å². The second kappa shape index (κ2) is 6.40. The SMILES string of the molecule is COC(=O)c1nc(-c2ccc3c(n2)C(=O)C(OC)=CC3=O)c(N)cc1C. The zero-order chi connectivity index (χ0) is 19.0. The minimum absolute atomic E-state index is 0.0479. The summed E-state index contributed by atoms with van der Waals surface area (Å²) in [7, 11) is 2.55. The van der Waals surface area contributed by atoms with E-state index >= 15 is 0 Å². The average Bonchev–Trinajstić information content (AvgIpc) is 2.63. The predicted octanol–water partition coefficient (Wildman–Crippen LogP) is 1.73. The van der Waals surface area contributed by atoms with Crippen molar-refractivity contribution in [3.8, 4) is 11.4 Å². The van der Waals surface area contributed by atoms with Crippen molar-refractivity contribution in [2.45, 2.75) is 6.92 Å². The number of nitrogens with zero attached hydrogens (tertiary/aromatic N) is 2. The Hall–Kier alpha value is -3.55. The summed E-state index contributed by atoms with van der Waals surface area (Å²) in [6.07, 6.45) is 1.12. The zero-order valence-electron chi connectivity index (χ0n) is 14.3. The molecule has 26 heavy (non-hydrogen) atoms. The van der Waals surface area contributed by atoms with Crippen molar-refractivity contribution in [1.82, 2.24) is 9.97 Å². The lowest BCUT2D eigenvalue weighted by Crippen LogP contribution is -2.20. The number of pyridine rings is 2. The van der Waals surface area contributed by atoms with Crippen LogP contribution < -0.4 is 5.73 Å². The number of fused-ring (bicyclic) bond motifs is 1. The van der Waals surface area contributed by atoms with Crippen LogP contribution in [0, 0.1) is 6.92 Å². The fourth-order valence-corrected chi connectivity index (χ4v) is 2.64. The molecule has 0 amide bonds. The van der Waals surface area contributed by atoms with Crippen LogP contribution in [0.4, 0.5) is 5.69 Å². The first-order valence-corrected chi connectivity index (χ1v) is 7.59. The Balaban J connectivity index is 2.16. The number of rotatable bonds is 3. The van der Waals surface area contributed by atoms with E-state index in [1.165, 1.54) is 26.4 Å². The minimum atomic E-state index is -0.613. The number of hydrogen-bond acceptors (Lipinski definition) is 8. The van der Waals surface area contributed by atoms with Crippen molar-refractivity contribution in [3.63, 3.8) is 0 Å². The van der Waals surface area contributed by atoms with E-state index in [1.54, 1.807) is 13.0 Å². The molecule has 0 bridgehead atoms. The molecule has 0 saturated carbocycles. The molecule has 2 N–H and O–H groups in total. The van der Waals surface area contributed by atoms with Crippen LogP contribution in [0.1, 0.15) is 36.9 Å². The highest BCUT2D eigenvalue weighted by atomic mass is 16.5. The molecule has 2 aromatic rings. The third kappa shape index (κ3) is 2.71. The molecule has 0 atom stereocenters. The number of esters is 1. The van der Waals surface area contributed by atoms with Crippen LogP contribution in [0.15, 0.2) is 30.0 Å². The Morgan fingerprint density at radius 3 is 2.50 bits per heavy atom. The number of aryl methyl sites for hydroxylation is 1. The van der Waals surface area contributed by atoms with E-state index in [0.29, 0.717) is 5.56 Å². The van der Waals surface area contributed by atoms with Gasteiger partial charge in [-0.3, -0.25) is 9.59 Å². The number of anilines is 1. The molecule has 8 heteroatoms. The number of aromatic nitrogens is 2. The molecule has 0 radical (unpaired) electrons. The number of carbonyl (C=O) groups is 3. The van der Waals surface area contributed by atoms with E-state index < -0.39 is 11.8 Å². The van der Waals surface area contributed by atoms with Gasteiger partial charge < -0.3 is 15.2 Å². The number of nitrogens with two attached hydrogens (primary N) is 1. The van der Waals surface area contributed by atoms with Crippen LogP contribution in [0.2, 0.25) is 0 Å². The van der Waals surface area contributed by atoms with Crippen LogP contribution in [0.3, 0.4) is 0 Å². The minimum Gasteiger partial charge on any atom is -0.492 e. The van der Waals surface area contributed by atoms with Crippen molar-refractivity contribution < 1.29 is 23.9 Å². The molecular formula is C18H15N3O5. The van der Waals surface area contributed by atoms with Gasteiger partial charge in [-0.25, -0.2) is 14.8 Å². The number of allylic oxidation sites excluding steroid dienone is 2. The molecule has 3 rings (SSSR count). The van der Waals surface area contributed by atoms with Crippen LogP contribution in [-0.4, -0.2) is 41.7 Å². The monoisotopic (exact) mass is 353 g/mol. The van der Waals surface area contributed by atoms with Gasteiger partial charge in [0.1, 0.15) is 11.4 Å². The molecule has 2 aromatic heterocycles. The van der Waals surface area contributed by atoms with E-state index in [9.17, 15) is 14.4 Å². The summed E-state index contributed by atoms with van der Waals surface area (Å²) in [6.45, 7) is 1.68. The maximum atomic E-state index is 12.4. The molecule has 2 heterocycles. The van der Waals surface area contributed by atoms with Gasteiger partial charge in [0.15, 0.2) is 17.2 Å². The Labute approximate surface area is 148 Å². The fourth-order valence-electron chi connectivity index (χ4n) is 2.64. The van der Waals surface area contributed by atoms with Gasteiger partial charge in [0, 0.05) is 6.08 Å². The number of ether oxygens (including phenoxy) is 2. The predicted molar refractivity (Wildman–Crippen MR) is 91.7 cm³/mol. The first kappa shape index (κ1) is 17.3. The molecule has 0 saturated heterocycles. The Bertz CT molecular complexity index is 995. The zero-order valence-corrected chi connectivity index (χ0v) is 14.3. The van der Waals surface area contributed by atoms with Crippen LogP contribution in [0.5, 0.6) is 0 Å². The Kier molecular flexibility index (Phi) is 4.25. The highest BCUT2D eigenvalue weighted by Crippen LogP contribution is 2.28. The second-order valence-electron chi connectivity index (χ2n) is 5.58. The van der Waals surface area contributed by atoms with Gasteiger partial charge in [0.05, 0.1) is 31.2 Å². The molecular weight excluding hydrogens is 338 g/mol. The second-order valence-corrected chi connectivity index (χ2v) is 5.58. The Morgan fingerprint density at radius 1 is 1.12 bits per heavy atom. The van der Waals surface area contributed by atoms with Crippen molar-refractivity contribution in [2.24, 2.45) is 0 Å². The largest absolute Gasteiger partial charge is 0.492 e. The van der Waals surface area contributed by atoms with Crippen molar-refractivity contribution in [2.75, 3.05) is 20.0 Å². The summed E-state index contributed by atoms with van der Waals surface area (Å²) < 4.78 is 9.64. The number of carbonyl (C=O) groups excluding carboxylic acids is 3. The van der Waals surface area contributed by atoms with Crippen LogP contribution >= 0.6 is 0 Å². The van der Waals surface area contributed by atoms with E-state index in [0.717, 1.165) is 6.08 Å². The fraction of sp³-hybridized carbons (Fsp3) is 0.167. The van der Waals surface area contributed by atoms with E-state index in [1.807, 2.05) is 0 Å². The van der Waals surface area contributed by atoms with Gasteiger partial charge in [0.25, 0.3) is 0 Å². The standard InChI is InChI=1S/C18H15N3O5/c1-8-6-10(19)16(21-14(8)18(24)26-3)11-5-4-9-12(22)7-13(25-2)17(23)15(9)20-11/h4-7H,19H2,1-3H3. The summed E-state index contributed by atoms with van der Waals surface area (Å²) in [5.41, 5.74) is 7.52. The van der Waals surface area contributed by atoms with Gasteiger partial charge in [0.2, 0.25) is 5.78 Å². The topological polar surface area (TPSA) is 121 Å². The van der Waals surface area contributed by atoms with Crippen molar-refractivity contribution >= 4 is 23.2 Å². The van der Waals surface area contributed by atoms with Gasteiger partial charge in [-0.1, -0.05) is 0 Å². The average molecular weight is 353 g/mol. The van der Waals surface area contributed by atoms with E-state index in [-0.39, 0.29) is 45.6 Å². The maximum Gasteiger partial charge on any atom is 0.356 e. The molecule has 8 nitrogen and oxygen atoms in total. The summed E-state index contributed by atoms with van der Waals surface area (Å²) in [6, 6.07) is 4.56. The maximum absolute atomic E-state index is 12.4. The molecule has 1 aliphatic rings. The normalized spacial score (nSPS) is 13.1. The van der Waals surface area contributed by atoms with Gasteiger partial charge in [-0.05, 0) is 30.7 Å². The number of methoxy groups -OCH3 is 2. The molecule has 0 aromatic carbocycles. The highest BCUT2D eigenvalue weighted by molar-refractivity contribution is 6.23. The molecule has 0 spiro atoms. The lowest BCUT2D eigenvalue weighted by Gasteiger charge is -2.15. The summed E-state index contributed by atoms with van der Waals surface area (Å²) in [5, 5.41) is 0. The molecule has 132 valence electrons. The molecule has 0 aliphatic heterocycles. The lowest BCUT2D eigenvalue weighted by molar-refractivity contribution is 0.0593. The number of Topliss-reactive ketones (excluding diaryl/α,β-unsaturated/α-hetero) is 1. The number of ketones is 2. The van der Waals surface area contributed by atoms with Crippen LogP contribution in [-0.2, 0) is 9.47 Å². The number of hydrogen-bond donors (Lipinski definition) is 1. The van der Waals surface area contributed by atoms with Crippen LogP contribution in [0.25, 0.3) is 11.4 Å². The molecule has 0 fully saturated rings. The summed E-state index contributed by atoms with van der Waals surface area (Å²) in [5.74, 6) is -1.59. The lowest BCUT2D eigenvalue weighted by atomic mass is 9.97. The summed E-state index contributed by atoms with van der Waals surface area (Å²) in [4.78, 5) is 44.9.